The molecule has 2 heterocycles. The van der Waals surface area contributed by atoms with Crippen molar-refractivity contribution in [3.05, 3.63) is 69.5 Å². The summed E-state index contributed by atoms with van der Waals surface area (Å²) < 4.78 is 0. The molecule has 0 bridgehead atoms. The van der Waals surface area contributed by atoms with E-state index >= 15 is 0 Å². The molecule has 1 fully saturated rings. The highest BCUT2D eigenvalue weighted by Gasteiger charge is 2.26. The zero-order chi connectivity index (χ0) is 19.0. The van der Waals surface area contributed by atoms with Crippen LogP contribution in [-0.2, 0) is 0 Å². The van der Waals surface area contributed by atoms with Gasteiger partial charge in [-0.2, -0.15) is 0 Å². The zero-order valence-electron chi connectivity index (χ0n) is 15.0. The molecule has 7 nitrogen and oxygen atoms in total. The van der Waals surface area contributed by atoms with E-state index in [9.17, 15) is 14.9 Å². The predicted molar refractivity (Wildman–Crippen MR) is 102 cm³/mol. The number of nitrogens with zero attached hydrogens (tertiary/aromatic N) is 3. The van der Waals surface area contributed by atoms with E-state index in [-0.39, 0.29) is 11.6 Å². The minimum atomic E-state index is -0.464. The third-order valence-corrected chi connectivity index (χ3v) is 5.15. The van der Waals surface area contributed by atoms with Crippen LogP contribution in [0.2, 0.25) is 0 Å². The molecule has 1 aliphatic rings. The van der Waals surface area contributed by atoms with Crippen LogP contribution in [0.25, 0.3) is 11.0 Å². The number of aromatic amines is 1. The van der Waals surface area contributed by atoms with Crippen molar-refractivity contribution in [2.24, 2.45) is 0 Å². The van der Waals surface area contributed by atoms with Gasteiger partial charge in [-0.3, -0.25) is 14.9 Å². The van der Waals surface area contributed by atoms with Gasteiger partial charge in [-0.25, -0.2) is 4.98 Å². The first kappa shape index (κ1) is 17.2. The van der Waals surface area contributed by atoms with Crippen molar-refractivity contribution in [2.45, 2.75) is 25.7 Å². The van der Waals surface area contributed by atoms with Gasteiger partial charge in [0, 0.05) is 36.7 Å². The van der Waals surface area contributed by atoms with Gasteiger partial charge >= 0.3 is 0 Å². The first-order chi connectivity index (χ1) is 13.0. The maximum Gasteiger partial charge on any atom is 0.269 e. The third-order valence-electron chi connectivity index (χ3n) is 5.15. The summed E-state index contributed by atoms with van der Waals surface area (Å²) in [6.07, 6.45) is 1.69. The number of H-pyrrole nitrogens is 1. The van der Waals surface area contributed by atoms with Crippen LogP contribution in [0.3, 0.4) is 0 Å². The Hall–Kier alpha value is -3.22. The summed E-state index contributed by atoms with van der Waals surface area (Å²) in [7, 11) is 0. The number of imidazole rings is 1. The number of nitro groups is 1. The maximum atomic E-state index is 12.6. The normalized spacial score (nSPS) is 15.2. The van der Waals surface area contributed by atoms with Crippen LogP contribution in [0.5, 0.6) is 0 Å². The van der Waals surface area contributed by atoms with Crippen molar-refractivity contribution in [1.29, 1.82) is 0 Å². The van der Waals surface area contributed by atoms with E-state index in [1.165, 1.54) is 29.8 Å². The molecule has 2 aromatic carbocycles. The Kier molecular flexibility index (Phi) is 4.35. The van der Waals surface area contributed by atoms with Crippen LogP contribution in [0.1, 0.15) is 40.5 Å². The van der Waals surface area contributed by atoms with E-state index in [4.69, 9.17) is 4.98 Å². The minimum Gasteiger partial charge on any atom is -0.342 e. The predicted octanol–water partition coefficient (Wildman–Crippen LogP) is 3.80. The van der Waals surface area contributed by atoms with Crippen LogP contribution < -0.4 is 0 Å². The Morgan fingerprint density at radius 1 is 1.19 bits per heavy atom. The number of aryl methyl sites for hydroxylation is 1. The number of likely N-dealkylation sites (tertiary alicyclic amines) is 1. The van der Waals surface area contributed by atoms with Gasteiger partial charge in [-0.05, 0) is 49.6 Å². The van der Waals surface area contributed by atoms with Gasteiger partial charge in [0.2, 0.25) is 0 Å². The molecular formula is C20H20N4O3. The summed E-state index contributed by atoms with van der Waals surface area (Å²) in [5.74, 6) is 1.21. The molecule has 4 rings (SSSR count). The molecule has 27 heavy (non-hydrogen) atoms. The number of nitrogens with one attached hydrogen (secondary N) is 1. The third kappa shape index (κ3) is 3.40. The number of fused-ring (bicyclic) bond motifs is 1. The highest BCUT2D eigenvalue weighted by atomic mass is 16.6. The number of non-ortho nitro benzene ring substituents is 1. The summed E-state index contributed by atoms with van der Waals surface area (Å²) in [6, 6.07) is 12.0. The van der Waals surface area contributed by atoms with Crippen molar-refractivity contribution < 1.29 is 9.72 Å². The highest BCUT2D eigenvalue weighted by Crippen LogP contribution is 2.28. The van der Waals surface area contributed by atoms with E-state index in [1.54, 1.807) is 0 Å². The van der Waals surface area contributed by atoms with Gasteiger partial charge in [0.15, 0.2) is 0 Å². The Bertz CT molecular complexity index is 1000. The van der Waals surface area contributed by atoms with E-state index in [2.05, 4.69) is 24.0 Å². The smallest absolute Gasteiger partial charge is 0.269 e. The van der Waals surface area contributed by atoms with Crippen molar-refractivity contribution >= 4 is 22.6 Å². The second kappa shape index (κ2) is 6.83. The average molecular weight is 364 g/mol. The second-order valence-corrected chi connectivity index (χ2v) is 7.01. The van der Waals surface area contributed by atoms with Crippen LogP contribution in [-0.4, -0.2) is 38.8 Å². The molecule has 1 saturated heterocycles. The van der Waals surface area contributed by atoms with Crippen LogP contribution in [0, 0.1) is 17.0 Å². The molecule has 0 aliphatic carbocycles. The first-order valence-corrected chi connectivity index (χ1v) is 9.01. The number of carbonyl (C=O) groups is 1. The number of rotatable bonds is 3. The van der Waals surface area contributed by atoms with Crippen LogP contribution in [0.15, 0.2) is 42.5 Å². The van der Waals surface area contributed by atoms with Gasteiger partial charge in [0.05, 0.1) is 16.0 Å². The summed E-state index contributed by atoms with van der Waals surface area (Å²) in [5.41, 5.74) is 3.69. The summed E-state index contributed by atoms with van der Waals surface area (Å²) in [4.78, 5) is 32.8. The fourth-order valence-corrected chi connectivity index (χ4v) is 3.60. The standard InChI is InChI=1S/C20H20N4O3/c1-13-2-7-17-18(12-13)22-19(21-17)14-8-10-23(11-9-14)20(25)15-3-5-16(6-4-15)24(26)27/h2-7,12,14H,8-11H2,1H3,(H,21,22). The Balaban J connectivity index is 1.43. The molecular weight excluding hydrogens is 344 g/mol. The molecule has 0 atom stereocenters. The summed E-state index contributed by atoms with van der Waals surface area (Å²) in [6.45, 7) is 3.36. The molecule has 7 heteroatoms. The minimum absolute atomic E-state index is 0.00891. The molecule has 0 unspecified atom stereocenters. The molecule has 0 radical (unpaired) electrons. The van der Waals surface area contributed by atoms with Crippen molar-refractivity contribution in [3.63, 3.8) is 0 Å². The van der Waals surface area contributed by atoms with Crippen LogP contribution >= 0.6 is 0 Å². The van der Waals surface area contributed by atoms with Gasteiger partial charge < -0.3 is 9.88 Å². The summed E-state index contributed by atoms with van der Waals surface area (Å²) >= 11 is 0. The van der Waals surface area contributed by atoms with Gasteiger partial charge in [-0.15, -0.1) is 0 Å². The number of benzene rings is 2. The SMILES string of the molecule is Cc1ccc2nc(C3CCN(C(=O)c4ccc([N+](=O)[O-])cc4)CC3)[nH]c2c1. The van der Waals surface area contributed by atoms with Gasteiger partial charge in [0.1, 0.15) is 5.82 Å². The fourth-order valence-electron chi connectivity index (χ4n) is 3.60. The number of piperidine rings is 1. The maximum absolute atomic E-state index is 12.6. The number of nitro benzene ring substituents is 1. The van der Waals surface area contributed by atoms with E-state index in [0.29, 0.717) is 24.6 Å². The van der Waals surface area contributed by atoms with E-state index in [0.717, 1.165) is 29.7 Å². The molecule has 0 saturated carbocycles. The van der Waals surface area contributed by atoms with Crippen molar-refractivity contribution in [1.82, 2.24) is 14.9 Å². The Labute approximate surface area is 156 Å². The Morgan fingerprint density at radius 3 is 2.56 bits per heavy atom. The first-order valence-electron chi connectivity index (χ1n) is 9.01. The second-order valence-electron chi connectivity index (χ2n) is 7.01. The number of hydrogen-bond donors (Lipinski definition) is 1. The lowest BCUT2D eigenvalue weighted by Gasteiger charge is -2.31. The molecule has 3 aromatic rings. The van der Waals surface area contributed by atoms with Crippen molar-refractivity contribution in [3.8, 4) is 0 Å². The largest absolute Gasteiger partial charge is 0.342 e. The molecule has 138 valence electrons. The summed E-state index contributed by atoms with van der Waals surface area (Å²) in [5, 5.41) is 10.7. The molecule has 1 aliphatic heterocycles. The number of hydrogen-bond acceptors (Lipinski definition) is 4. The lowest BCUT2D eigenvalue weighted by molar-refractivity contribution is -0.384. The number of carbonyl (C=O) groups excluding carboxylic acids is 1. The average Bonchev–Trinajstić information content (AvgIpc) is 3.11. The monoisotopic (exact) mass is 364 g/mol. The lowest BCUT2D eigenvalue weighted by Crippen LogP contribution is -2.38. The zero-order valence-corrected chi connectivity index (χ0v) is 15.0. The number of aromatic nitrogens is 2. The van der Waals surface area contributed by atoms with Gasteiger partial charge in [-0.1, -0.05) is 6.07 Å². The molecule has 1 aromatic heterocycles. The molecule has 0 spiro atoms. The fraction of sp³-hybridized carbons (Fsp3) is 0.300. The topological polar surface area (TPSA) is 92.1 Å². The lowest BCUT2D eigenvalue weighted by atomic mass is 9.95. The van der Waals surface area contributed by atoms with E-state index in [1.807, 2.05) is 11.0 Å². The van der Waals surface area contributed by atoms with Crippen molar-refractivity contribution in [2.75, 3.05) is 13.1 Å². The Morgan fingerprint density at radius 2 is 1.89 bits per heavy atom. The number of amides is 1. The quantitative estimate of drug-likeness (QED) is 0.565. The molecule has 1 amide bonds. The highest BCUT2D eigenvalue weighted by molar-refractivity contribution is 5.94. The van der Waals surface area contributed by atoms with Crippen LogP contribution in [0.4, 0.5) is 5.69 Å². The van der Waals surface area contributed by atoms with Gasteiger partial charge in [0.25, 0.3) is 11.6 Å². The molecule has 1 N–H and O–H groups in total. The van der Waals surface area contributed by atoms with E-state index < -0.39 is 4.92 Å².